The standard InChI is InChI=1S/C14H16FNO/c1-2-16-14(8-11-6-7-17-10-11)12-4-3-5-13(15)9-12/h3-7,9-10,14,16H,2,8H2,1H3. The van der Waals surface area contributed by atoms with E-state index in [2.05, 4.69) is 5.32 Å². The van der Waals surface area contributed by atoms with E-state index in [9.17, 15) is 4.39 Å². The average molecular weight is 233 g/mol. The van der Waals surface area contributed by atoms with Gasteiger partial charge in [-0.05, 0) is 42.3 Å². The second-order valence-corrected chi connectivity index (χ2v) is 4.00. The second-order valence-electron chi connectivity index (χ2n) is 4.00. The Morgan fingerprint density at radius 1 is 1.35 bits per heavy atom. The summed E-state index contributed by atoms with van der Waals surface area (Å²) in [6.07, 6.45) is 4.18. The number of hydrogen-bond acceptors (Lipinski definition) is 2. The molecule has 2 rings (SSSR count). The molecular formula is C14H16FNO. The van der Waals surface area contributed by atoms with E-state index in [1.54, 1.807) is 24.7 Å². The van der Waals surface area contributed by atoms with E-state index in [-0.39, 0.29) is 11.9 Å². The summed E-state index contributed by atoms with van der Waals surface area (Å²) in [6.45, 7) is 2.89. The third-order valence-corrected chi connectivity index (χ3v) is 2.72. The van der Waals surface area contributed by atoms with Gasteiger partial charge in [-0.2, -0.15) is 0 Å². The van der Waals surface area contributed by atoms with E-state index >= 15 is 0 Å². The monoisotopic (exact) mass is 233 g/mol. The average Bonchev–Trinajstić information content (AvgIpc) is 2.81. The zero-order valence-electron chi connectivity index (χ0n) is 9.82. The summed E-state index contributed by atoms with van der Waals surface area (Å²) in [5, 5.41) is 3.36. The molecule has 1 atom stereocenters. The first kappa shape index (κ1) is 11.9. The summed E-state index contributed by atoms with van der Waals surface area (Å²) in [5.74, 6) is -0.197. The Morgan fingerprint density at radius 2 is 2.24 bits per heavy atom. The third kappa shape index (κ3) is 3.17. The Balaban J connectivity index is 2.16. The zero-order chi connectivity index (χ0) is 12.1. The fourth-order valence-corrected chi connectivity index (χ4v) is 1.92. The minimum atomic E-state index is -0.197. The molecule has 0 spiro atoms. The summed E-state index contributed by atoms with van der Waals surface area (Å²) in [6, 6.07) is 8.77. The van der Waals surface area contributed by atoms with Crippen molar-refractivity contribution in [3.8, 4) is 0 Å². The molecule has 1 heterocycles. The lowest BCUT2D eigenvalue weighted by Gasteiger charge is -2.17. The van der Waals surface area contributed by atoms with Crippen molar-refractivity contribution in [2.24, 2.45) is 0 Å². The number of hydrogen-bond donors (Lipinski definition) is 1. The SMILES string of the molecule is CCNC(Cc1ccoc1)c1cccc(F)c1. The molecule has 17 heavy (non-hydrogen) atoms. The molecule has 0 saturated heterocycles. The molecule has 0 saturated carbocycles. The lowest BCUT2D eigenvalue weighted by molar-refractivity contribution is 0.531. The molecular weight excluding hydrogens is 217 g/mol. The Morgan fingerprint density at radius 3 is 2.88 bits per heavy atom. The van der Waals surface area contributed by atoms with Crippen LogP contribution in [-0.2, 0) is 6.42 Å². The van der Waals surface area contributed by atoms with Gasteiger partial charge in [0, 0.05) is 6.04 Å². The highest BCUT2D eigenvalue weighted by molar-refractivity contribution is 5.22. The minimum Gasteiger partial charge on any atom is -0.472 e. The lowest BCUT2D eigenvalue weighted by atomic mass is 10.0. The van der Waals surface area contributed by atoms with Gasteiger partial charge in [0.25, 0.3) is 0 Å². The maximum absolute atomic E-state index is 13.2. The molecule has 0 fully saturated rings. The molecule has 1 aromatic heterocycles. The minimum absolute atomic E-state index is 0.119. The molecule has 0 aliphatic heterocycles. The molecule has 1 unspecified atom stereocenters. The van der Waals surface area contributed by atoms with Gasteiger partial charge in [0.05, 0.1) is 12.5 Å². The smallest absolute Gasteiger partial charge is 0.123 e. The Labute approximate surface area is 100 Å². The van der Waals surface area contributed by atoms with Gasteiger partial charge in [-0.25, -0.2) is 4.39 Å². The van der Waals surface area contributed by atoms with E-state index < -0.39 is 0 Å². The summed E-state index contributed by atoms with van der Waals surface area (Å²) < 4.78 is 18.3. The highest BCUT2D eigenvalue weighted by atomic mass is 19.1. The van der Waals surface area contributed by atoms with Crippen LogP contribution in [0.25, 0.3) is 0 Å². The molecule has 3 heteroatoms. The maximum Gasteiger partial charge on any atom is 0.123 e. The molecule has 2 aromatic rings. The first-order valence-corrected chi connectivity index (χ1v) is 5.79. The van der Waals surface area contributed by atoms with Crippen LogP contribution in [0.15, 0.2) is 47.3 Å². The van der Waals surface area contributed by atoms with Gasteiger partial charge < -0.3 is 9.73 Å². The molecule has 2 nitrogen and oxygen atoms in total. The van der Waals surface area contributed by atoms with E-state index in [1.807, 2.05) is 19.1 Å². The topological polar surface area (TPSA) is 25.2 Å². The Bertz CT molecular complexity index is 453. The molecule has 1 N–H and O–H groups in total. The van der Waals surface area contributed by atoms with Crippen LogP contribution >= 0.6 is 0 Å². The van der Waals surface area contributed by atoms with Crippen LogP contribution in [0.1, 0.15) is 24.1 Å². The van der Waals surface area contributed by atoms with E-state index in [1.165, 1.54) is 6.07 Å². The van der Waals surface area contributed by atoms with Crippen LogP contribution < -0.4 is 5.32 Å². The second kappa shape index (κ2) is 5.64. The third-order valence-electron chi connectivity index (χ3n) is 2.72. The summed E-state index contributed by atoms with van der Waals surface area (Å²) >= 11 is 0. The molecule has 0 aliphatic carbocycles. The van der Waals surface area contributed by atoms with Gasteiger partial charge in [-0.3, -0.25) is 0 Å². The highest BCUT2D eigenvalue weighted by Gasteiger charge is 2.12. The zero-order valence-corrected chi connectivity index (χ0v) is 9.82. The molecule has 0 aliphatic rings. The molecule has 1 aromatic carbocycles. The van der Waals surface area contributed by atoms with Crippen molar-refractivity contribution in [1.29, 1.82) is 0 Å². The maximum atomic E-state index is 13.2. The Kier molecular flexibility index (Phi) is 3.94. The van der Waals surface area contributed by atoms with Crippen molar-refractivity contribution >= 4 is 0 Å². The van der Waals surface area contributed by atoms with Gasteiger partial charge in [0.15, 0.2) is 0 Å². The van der Waals surface area contributed by atoms with E-state index in [0.29, 0.717) is 0 Å². The number of nitrogens with one attached hydrogen (secondary N) is 1. The van der Waals surface area contributed by atoms with Crippen LogP contribution in [-0.4, -0.2) is 6.54 Å². The number of furan rings is 1. The summed E-state index contributed by atoms with van der Waals surface area (Å²) in [5.41, 5.74) is 2.08. The van der Waals surface area contributed by atoms with Crippen molar-refractivity contribution in [2.75, 3.05) is 6.54 Å². The van der Waals surface area contributed by atoms with E-state index in [0.717, 1.165) is 24.1 Å². The van der Waals surface area contributed by atoms with Crippen LogP contribution in [0.3, 0.4) is 0 Å². The van der Waals surface area contributed by atoms with Gasteiger partial charge in [-0.15, -0.1) is 0 Å². The fraction of sp³-hybridized carbons (Fsp3) is 0.286. The normalized spacial score (nSPS) is 12.6. The predicted octanol–water partition coefficient (Wildman–Crippen LogP) is 3.31. The molecule has 0 radical (unpaired) electrons. The highest BCUT2D eigenvalue weighted by Crippen LogP contribution is 2.19. The van der Waals surface area contributed by atoms with Gasteiger partial charge in [0.1, 0.15) is 5.82 Å². The van der Waals surface area contributed by atoms with Crippen LogP contribution in [0.2, 0.25) is 0 Å². The molecule has 0 bridgehead atoms. The summed E-state index contributed by atoms with van der Waals surface area (Å²) in [7, 11) is 0. The van der Waals surface area contributed by atoms with E-state index in [4.69, 9.17) is 4.42 Å². The van der Waals surface area contributed by atoms with Gasteiger partial charge in [-0.1, -0.05) is 19.1 Å². The van der Waals surface area contributed by atoms with Crippen molar-refractivity contribution < 1.29 is 8.81 Å². The van der Waals surface area contributed by atoms with Crippen molar-refractivity contribution in [3.63, 3.8) is 0 Å². The molecule has 90 valence electrons. The number of likely N-dealkylation sites (N-methyl/N-ethyl adjacent to an activating group) is 1. The number of halogens is 1. The fourth-order valence-electron chi connectivity index (χ4n) is 1.92. The first-order chi connectivity index (χ1) is 8.29. The predicted molar refractivity (Wildman–Crippen MR) is 65.2 cm³/mol. The quantitative estimate of drug-likeness (QED) is 0.857. The number of benzene rings is 1. The summed E-state index contributed by atoms with van der Waals surface area (Å²) in [4.78, 5) is 0. The van der Waals surface area contributed by atoms with Crippen LogP contribution in [0.5, 0.6) is 0 Å². The molecule has 0 amide bonds. The van der Waals surface area contributed by atoms with Crippen molar-refractivity contribution in [1.82, 2.24) is 5.32 Å². The van der Waals surface area contributed by atoms with Gasteiger partial charge in [0.2, 0.25) is 0 Å². The van der Waals surface area contributed by atoms with Crippen molar-refractivity contribution in [3.05, 3.63) is 59.8 Å². The first-order valence-electron chi connectivity index (χ1n) is 5.79. The Hall–Kier alpha value is -1.61. The lowest BCUT2D eigenvalue weighted by Crippen LogP contribution is -2.22. The van der Waals surface area contributed by atoms with Crippen LogP contribution in [0, 0.1) is 5.82 Å². The largest absolute Gasteiger partial charge is 0.472 e. The van der Waals surface area contributed by atoms with Crippen LogP contribution in [0.4, 0.5) is 4.39 Å². The number of rotatable bonds is 5. The van der Waals surface area contributed by atoms with Gasteiger partial charge >= 0.3 is 0 Å². The van der Waals surface area contributed by atoms with Crippen molar-refractivity contribution in [2.45, 2.75) is 19.4 Å².